The number of alkyl halides is 1. The lowest BCUT2D eigenvalue weighted by atomic mass is 10.0. The van der Waals surface area contributed by atoms with E-state index < -0.39 is 0 Å². The van der Waals surface area contributed by atoms with Crippen molar-refractivity contribution < 1.29 is 4.74 Å². The summed E-state index contributed by atoms with van der Waals surface area (Å²) in [5, 5.41) is 0. The standard InChI is InChI=1S/C17H18Br2O/c1-12-11-15(7-8-16(12)18)17(19)14-5-3-13(4-6-14)9-10-20-2/h3-8,11,17H,9-10H2,1-2H3. The van der Waals surface area contributed by atoms with Crippen molar-refractivity contribution in [1.82, 2.24) is 0 Å². The normalized spacial score (nSPS) is 12.4. The zero-order chi connectivity index (χ0) is 14.5. The number of methoxy groups -OCH3 is 1. The maximum Gasteiger partial charge on any atom is 0.0644 e. The van der Waals surface area contributed by atoms with Crippen LogP contribution >= 0.6 is 31.9 Å². The first-order chi connectivity index (χ1) is 9.61. The Bertz CT molecular complexity index is 564. The van der Waals surface area contributed by atoms with E-state index in [2.05, 4.69) is 81.2 Å². The third kappa shape index (κ3) is 3.94. The summed E-state index contributed by atoms with van der Waals surface area (Å²) >= 11 is 7.33. The molecule has 0 amide bonds. The lowest BCUT2D eigenvalue weighted by Crippen LogP contribution is -1.97. The average Bonchev–Trinajstić information content (AvgIpc) is 2.48. The Morgan fingerprint density at radius 3 is 2.30 bits per heavy atom. The fourth-order valence-electron chi connectivity index (χ4n) is 2.09. The number of benzene rings is 2. The number of halogens is 2. The van der Waals surface area contributed by atoms with E-state index in [0.717, 1.165) is 17.5 Å². The van der Waals surface area contributed by atoms with Crippen LogP contribution in [0.15, 0.2) is 46.9 Å². The highest BCUT2D eigenvalue weighted by Gasteiger charge is 2.11. The smallest absolute Gasteiger partial charge is 0.0644 e. The van der Waals surface area contributed by atoms with Gasteiger partial charge in [-0.15, -0.1) is 0 Å². The third-order valence-electron chi connectivity index (χ3n) is 3.34. The number of hydrogen-bond donors (Lipinski definition) is 0. The highest BCUT2D eigenvalue weighted by atomic mass is 79.9. The van der Waals surface area contributed by atoms with Crippen molar-refractivity contribution >= 4 is 31.9 Å². The molecule has 1 atom stereocenters. The Morgan fingerprint density at radius 1 is 1.05 bits per heavy atom. The molecule has 1 unspecified atom stereocenters. The molecule has 0 saturated carbocycles. The first-order valence-corrected chi connectivity index (χ1v) is 8.30. The van der Waals surface area contributed by atoms with Crippen molar-refractivity contribution in [3.63, 3.8) is 0 Å². The molecule has 0 spiro atoms. The molecule has 0 aliphatic carbocycles. The summed E-state index contributed by atoms with van der Waals surface area (Å²) < 4.78 is 6.25. The fourth-order valence-corrected chi connectivity index (χ4v) is 2.93. The van der Waals surface area contributed by atoms with Crippen LogP contribution in [0.1, 0.15) is 27.1 Å². The highest BCUT2D eigenvalue weighted by Crippen LogP contribution is 2.32. The molecule has 0 heterocycles. The second-order valence-electron chi connectivity index (χ2n) is 4.86. The molecular formula is C17H18Br2O. The van der Waals surface area contributed by atoms with Crippen molar-refractivity contribution in [3.05, 3.63) is 69.2 Å². The molecule has 0 radical (unpaired) electrons. The van der Waals surface area contributed by atoms with Crippen LogP contribution in [-0.2, 0) is 11.2 Å². The Balaban J connectivity index is 2.15. The second-order valence-corrected chi connectivity index (χ2v) is 6.63. The molecule has 3 heteroatoms. The molecule has 0 bridgehead atoms. The van der Waals surface area contributed by atoms with Crippen molar-refractivity contribution in [2.45, 2.75) is 18.2 Å². The second kappa shape index (κ2) is 7.39. The molecule has 20 heavy (non-hydrogen) atoms. The molecule has 2 aromatic rings. The van der Waals surface area contributed by atoms with Crippen LogP contribution in [-0.4, -0.2) is 13.7 Å². The molecular weight excluding hydrogens is 380 g/mol. The van der Waals surface area contributed by atoms with Gasteiger partial charge in [-0.1, -0.05) is 68.3 Å². The fraction of sp³-hybridized carbons (Fsp3) is 0.294. The van der Waals surface area contributed by atoms with Crippen molar-refractivity contribution in [2.75, 3.05) is 13.7 Å². The van der Waals surface area contributed by atoms with Gasteiger partial charge in [-0.25, -0.2) is 0 Å². The van der Waals surface area contributed by atoms with E-state index in [1.54, 1.807) is 7.11 Å². The van der Waals surface area contributed by atoms with Crippen LogP contribution < -0.4 is 0 Å². The minimum atomic E-state index is 0.228. The first-order valence-electron chi connectivity index (χ1n) is 6.59. The van der Waals surface area contributed by atoms with Gasteiger partial charge in [-0.2, -0.15) is 0 Å². The first kappa shape index (κ1) is 15.7. The van der Waals surface area contributed by atoms with Gasteiger partial charge >= 0.3 is 0 Å². The molecule has 0 saturated heterocycles. The predicted octanol–water partition coefficient (Wildman–Crippen LogP) is 5.43. The minimum Gasteiger partial charge on any atom is -0.384 e. The van der Waals surface area contributed by atoms with Gasteiger partial charge in [0.05, 0.1) is 11.4 Å². The summed E-state index contributed by atoms with van der Waals surface area (Å²) in [6.45, 7) is 2.88. The summed E-state index contributed by atoms with van der Waals surface area (Å²) in [5.74, 6) is 0. The molecule has 106 valence electrons. The lowest BCUT2D eigenvalue weighted by molar-refractivity contribution is 0.202. The minimum absolute atomic E-state index is 0.228. The summed E-state index contributed by atoms with van der Waals surface area (Å²) in [6, 6.07) is 15.2. The SMILES string of the molecule is COCCc1ccc(C(Br)c2ccc(Br)c(C)c2)cc1. The quantitative estimate of drug-likeness (QED) is 0.611. The van der Waals surface area contributed by atoms with Gasteiger partial charge in [0.25, 0.3) is 0 Å². The summed E-state index contributed by atoms with van der Waals surface area (Å²) in [7, 11) is 1.73. The molecule has 1 nitrogen and oxygen atoms in total. The zero-order valence-electron chi connectivity index (χ0n) is 11.7. The van der Waals surface area contributed by atoms with E-state index >= 15 is 0 Å². The Labute approximate surface area is 137 Å². The van der Waals surface area contributed by atoms with Gasteiger partial charge in [0, 0.05) is 11.6 Å². The van der Waals surface area contributed by atoms with Crippen LogP contribution in [0.25, 0.3) is 0 Å². The summed E-state index contributed by atoms with van der Waals surface area (Å²) in [5.41, 5.74) is 5.11. The molecule has 0 aromatic heterocycles. The van der Waals surface area contributed by atoms with E-state index in [9.17, 15) is 0 Å². The van der Waals surface area contributed by atoms with Crippen molar-refractivity contribution in [2.24, 2.45) is 0 Å². The maximum absolute atomic E-state index is 5.10. The molecule has 0 fully saturated rings. The number of ether oxygens (including phenoxy) is 1. The van der Waals surface area contributed by atoms with Gasteiger partial charge < -0.3 is 4.74 Å². The van der Waals surface area contributed by atoms with Gasteiger partial charge in [-0.05, 0) is 41.7 Å². The third-order valence-corrected chi connectivity index (χ3v) is 5.29. The van der Waals surface area contributed by atoms with E-state index in [1.165, 1.54) is 22.3 Å². The Kier molecular flexibility index (Phi) is 5.82. The van der Waals surface area contributed by atoms with Gasteiger partial charge in [0.2, 0.25) is 0 Å². The number of aryl methyl sites for hydroxylation is 1. The molecule has 0 N–H and O–H groups in total. The van der Waals surface area contributed by atoms with Gasteiger partial charge in [0.1, 0.15) is 0 Å². The van der Waals surface area contributed by atoms with Crippen LogP contribution in [0.3, 0.4) is 0 Å². The molecule has 0 aliphatic rings. The maximum atomic E-state index is 5.10. The Hall–Kier alpha value is -0.640. The van der Waals surface area contributed by atoms with Crippen LogP contribution in [0, 0.1) is 6.92 Å². The topological polar surface area (TPSA) is 9.23 Å². The van der Waals surface area contributed by atoms with Gasteiger partial charge in [0.15, 0.2) is 0 Å². The highest BCUT2D eigenvalue weighted by molar-refractivity contribution is 9.10. The van der Waals surface area contributed by atoms with Crippen LogP contribution in [0.5, 0.6) is 0 Å². The van der Waals surface area contributed by atoms with E-state index in [-0.39, 0.29) is 4.83 Å². The molecule has 2 aromatic carbocycles. The predicted molar refractivity (Wildman–Crippen MR) is 91.7 cm³/mol. The monoisotopic (exact) mass is 396 g/mol. The van der Waals surface area contributed by atoms with Crippen molar-refractivity contribution in [3.8, 4) is 0 Å². The largest absolute Gasteiger partial charge is 0.384 e. The van der Waals surface area contributed by atoms with E-state index in [1.807, 2.05) is 0 Å². The molecule has 0 aliphatic heterocycles. The summed E-state index contributed by atoms with van der Waals surface area (Å²) in [6.07, 6.45) is 0.959. The number of rotatable bonds is 5. The van der Waals surface area contributed by atoms with Crippen LogP contribution in [0.4, 0.5) is 0 Å². The number of hydrogen-bond acceptors (Lipinski definition) is 1. The summed E-state index contributed by atoms with van der Waals surface area (Å²) in [4.78, 5) is 0.228. The van der Waals surface area contributed by atoms with Crippen LogP contribution in [0.2, 0.25) is 0 Å². The van der Waals surface area contributed by atoms with Crippen molar-refractivity contribution in [1.29, 1.82) is 0 Å². The van der Waals surface area contributed by atoms with E-state index in [0.29, 0.717) is 0 Å². The average molecular weight is 398 g/mol. The lowest BCUT2D eigenvalue weighted by Gasteiger charge is -2.13. The molecule has 2 rings (SSSR count). The zero-order valence-corrected chi connectivity index (χ0v) is 14.9. The van der Waals surface area contributed by atoms with Gasteiger partial charge in [-0.3, -0.25) is 0 Å². The Morgan fingerprint density at radius 2 is 1.70 bits per heavy atom. The van der Waals surface area contributed by atoms with E-state index in [4.69, 9.17) is 4.74 Å².